The van der Waals surface area contributed by atoms with Gasteiger partial charge in [-0.25, -0.2) is 0 Å². The molecule has 0 heterocycles. The average molecular weight is 255 g/mol. The van der Waals surface area contributed by atoms with Gasteiger partial charge >= 0.3 is 0 Å². The SMILES string of the molecule is CCOC1CC(O)(C2(CN)CCCCCCC2)C1. The van der Waals surface area contributed by atoms with Crippen LogP contribution in [0.2, 0.25) is 0 Å². The summed E-state index contributed by atoms with van der Waals surface area (Å²) in [5.41, 5.74) is 5.48. The van der Waals surface area contributed by atoms with Crippen LogP contribution in [0.4, 0.5) is 0 Å². The minimum absolute atomic E-state index is 0.0407. The zero-order valence-corrected chi connectivity index (χ0v) is 11.8. The van der Waals surface area contributed by atoms with E-state index < -0.39 is 5.60 Å². The standard InChI is InChI=1S/C15H29NO2/c1-2-18-13-10-15(17,11-13)14(12-16)8-6-4-3-5-7-9-14/h13,17H,2-12,16H2,1H3. The maximum Gasteiger partial charge on any atom is 0.0765 e. The summed E-state index contributed by atoms with van der Waals surface area (Å²) in [5, 5.41) is 10.9. The topological polar surface area (TPSA) is 55.5 Å². The van der Waals surface area contributed by atoms with Gasteiger partial charge in [0, 0.05) is 31.4 Å². The molecule has 106 valence electrons. The molecule has 2 saturated carbocycles. The van der Waals surface area contributed by atoms with Gasteiger partial charge < -0.3 is 15.6 Å². The molecule has 2 aliphatic carbocycles. The van der Waals surface area contributed by atoms with Crippen LogP contribution in [0.1, 0.15) is 64.7 Å². The van der Waals surface area contributed by atoms with E-state index in [1.807, 2.05) is 6.92 Å². The lowest BCUT2D eigenvalue weighted by atomic mass is 9.56. The predicted molar refractivity (Wildman–Crippen MR) is 73.4 cm³/mol. The van der Waals surface area contributed by atoms with E-state index in [0.29, 0.717) is 6.54 Å². The molecule has 0 aromatic heterocycles. The van der Waals surface area contributed by atoms with Gasteiger partial charge in [-0.05, 0) is 19.8 Å². The number of hydrogen-bond acceptors (Lipinski definition) is 3. The second kappa shape index (κ2) is 5.89. The molecule has 0 atom stereocenters. The van der Waals surface area contributed by atoms with Crippen molar-refractivity contribution in [1.29, 1.82) is 0 Å². The second-order valence-corrected chi connectivity index (χ2v) is 6.27. The van der Waals surface area contributed by atoms with Crippen molar-refractivity contribution in [2.24, 2.45) is 11.1 Å². The minimum Gasteiger partial charge on any atom is -0.389 e. The van der Waals surface area contributed by atoms with Crippen molar-refractivity contribution in [2.45, 2.75) is 76.4 Å². The molecule has 0 spiro atoms. The van der Waals surface area contributed by atoms with Crippen LogP contribution in [0.5, 0.6) is 0 Å². The summed E-state index contributed by atoms with van der Waals surface area (Å²) < 4.78 is 5.61. The quantitative estimate of drug-likeness (QED) is 0.812. The maximum atomic E-state index is 10.9. The summed E-state index contributed by atoms with van der Waals surface area (Å²) in [4.78, 5) is 0. The van der Waals surface area contributed by atoms with Crippen molar-refractivity contribution in [3.05, 3.63) is 0 Å². The van der Waals surface area contributed by atoms with Gasteiger partial charge in [0.2, 0.25) is 0 Å². The zero-order valence-electron chi connectivity index (χ0n) is 11.8. The first kappa shape index (κ1) is 14.3. The van der Waals surface area contributed by atoms with Crippen molar-refractivity contribution >= 4 is 0 Å². The largest absolute Gasteiger partial charge is 0.389 e. The molecule has 18 heavy (non-hydrogen) atoms. The molecule has 2 rings (SSSR count). The van der Waals surface area contributed by atoms with Gasteiger partial charge in [0.1, 0.15) is 0 Å². The smallest absolute Gasteiger partial charge is 0.0765 e. The number of hydrogen-bond donors (Lipinski definition) is 2. The van der Waals surface area contributed by atoms with Crippen LogP contribution in [0.25, 0.3) is 0 Å². The van der Waals surface area contributed by atoms with E-state index >= 15 is 0 Å². The Hall–Kier alpha value is -0.120. The van der Waals surface area contributed by atoms with Crippen molar-refractivity contribution in [2.75, 3.05) is 13.2 Å². The molecule has 0 radical (unpaired) electrons. The van der Waals surface area contributed by atoms with Gasteiger partial charge in [-0.1, -0.05) is 32.1 Å². The van der Waals surface area contributed by atoms with Crippen LogP contribution in [0.3, 0.4) is 0 Å². The molecule has 2 aliphatic rings. The fraction of sp³-hybridized carbons (Fsp3) is 1.00. The molecule has 0 saturated heterocycles. The van der Waals surface area contributed by atoms with Crippen LogP contribution in [-0.4, -0.2) is 30.0 Å². The van der Waals surface area contributed by atoms with Crippen molar-refractivity contribution in [3.8, 4) is 0 Å². The van der Waals surface area contributed by atoms with Crippen LogP contribution in [-0.2, 0) is 4.74 Å². The summed E-state index contributed by atoms with van der Waals surface area (Å²) in [5.74, 6) is 0. The van der Waals surface area contributed by atoms with Gasteiger partial charge in [0.05, 0.1) is 11.7 Å². The van der Waals surface area contributed by atoms with E-state index in [1.165, 1.54) is 32.1 Å². The number of aliphatic hydroxyl groups is 1. The van der Waals surface area contributed by atoms with Gasteiger partial charge in [-0.3, -0.25) is 0 Å². The maximum absolute atomic E-state index is 10.9. The van der Waals surface area contributed by atoms with Gasteiger partial charge in [-0.2, -0.15) is 0 Å². The lowest BCUT2D eigenvalue weighted by Crippen LogP contribution is -2.62. The fourth-order valence-electron chi connectivity index (χ4n) is 3.92. The Balaban J connectivity index is 2.01. The number of nitrogens with two attached hydrogens (primary N) is 1. The third kappa shape index (κ3) is 2.59. The highest BCUT2D eigenvalue weighted by Crippen LogP contribution is 2.52. The normalized spacial score (nSPS) is 36.5. The molecule has 0 amide bonds. The molecular weight excluding hydrogens is 226 g/mol. The van der Waals surface area contributed by atoms with Crippen LogP contribution < -0.4 is 5.73 Å². The monoisotopic (exact) mass is 255 g/mol. The first-order valence-electron chi connectivity index (χ1n) is 7.70. The van der Waals surface area contributed by atoms with Crippen molar-refractivity contribution in [3.63, 3.8) is 0 Å². The Bertz CT molecular complexity index is 253. The summed E-state index contributed by atoms with van der Waals surface area (Å²) in [6, 6.07) is 0. The van der Waals surface area contributed by atoms with Gasteiger partial charge in [-0.15, -0.1) is 0 Å². The van der Waals surface area contributed by atoms with Crippen molar-refractivity contribution < 1.29 is 9.84 Å². The van der Waals surface area contributed by atoms with E-state index in [1.54, 1.807) is 0 Å². The molecule has 0 aromatic carbocycles. The van der Waals surface area contributed by atoms with Crippen molar-refractivity contribution in [1.82, 2.24) is 0 Å². The Morgan fingerprint density at radius 1 is 1.11 bits per heavy atom. The predicted octanol–water partition coefficient (Wildman–Crippen LogP) is 2.61. The highest BCUT2D eigenvalue weighted by atomic mass is 16.5. The summed E-state index contributed by atoms with van der Waals surface area (Å²) in [7, 11) is 0. The third-order valence-corrected chi connectivity index (χ3v) is 5.22. The lowest BCUT2D eigenvalue weighted by Gasteiger charge is -2.56. The van der Waals surface area contributed by atoms with Gasteiger partial charge in [0.25, 0.3) is 0 Å². The fourth-order valence-corrected chi connectivity index (χ4v) is 3.92. The summed E-state index contributed by atoms with van der Waals surface area (Å²) in [6.45, 7) is 3.39. The van der Waals surface area contributed by atoms with E-state index in [-0.39, 0.29) is 11.5 Å². The number of rotatable bonds is 4. The average Bonchev–Trinajstić information content (AvgIpc) is 2.27. The molecular formula is C15H29NO2. The first-order chi connectivity index (χ1) is 8.66. The molecule has 0 unspecified atom stereocenters. The molecule has 3 heteroatoms. The Labute approximate surface area is 111 Å². The van der Waals surface area contributed by atoms with E-state index in [0.717, 1.165) is 32.3 Å². The summed E-state index contributed by atoms with van der Waals surface area (Å²) in [6.07, 6.45) is 10.4. The van der Waals surface area contributed by atoms with Crippen LogP contribution >= 0.6 is 0 Å². The summed E-state index contributed by atoms with van der Waals surface area (Å²) >= 11 is 0. The molecule has 2 fully saturated rings. The van der Waals surface area contributed by atoms with E-state index in [4.69, 9.17) is 10.5 Å². The van der Waals surface area contributed by atoms with Crippen LogP contribution in [0, 0.1) is 5.41 Å². The minimum atomic E-state index is -0.557. The molecule has 0 aliphatic heterocycles. The third-order valence-electron chi connectivity index (χ3n) is 5.22. The Morgan fingerprint density at radius 3 is 2.17 bits per heavy atom. The second-order valence-electron chi connectivity index (χ2n) is 6.27. The molecule has 0 aromatic rings. The van der Waals surface area contributed by atoms with E-state index in [9.17, 15) is 5.11 Å². The number of ether oxygens (including phenoxy) is 1. The Kier molecular flexibility index (Phi) is 4.68. The van der Waals surface area contributed by atoms with Crippen LogP contribution in [0.15, 0.2) is 0 Å². The highest BCUT2D eigenvalue weighted by Gasteiger charge is 2.56. The zero-order chi connectivity index (χ0) is 13.1. The molecule has 3 N–H and O–H groups in total. The molecule has 0 bridgehead atoms. The molecule has 3 nitrogen and oxygen atoms in total. The van der Waals surface area contributed by atoms with Gasteiger partial charge in [0.15, 0.2) is 0 Å². The van der Waals surface area contributed by atoms with E-state index in [2.05, 4.69) is 0 Å². The first-order valence-corrected chi connectivity index (χ1v) is 7.70. The Morgan fingerprint density at radius 2 is 1.67 bits per heavy atom. The highest BCUT2D eigenvalue weighted by molar-refractivity contribution is 5.08. The lowest BCUT2D eigenvalue weighted by molar-refractivity contribution is -0.206.